The molecule has 0 N–H and O–H groups in total. The van der Waals surface area contributed by atoms with Crippen LogP contribution >= 0.6 is 0 Å². The summed E-state index contributed by atoms with van der Waals surface area (Å²) < 4.78 is 6.44. The SMILES string of the molecule is CCOC(C1CCCC1)[Si](C(C)C)(C(C)C)C(C)C. The molecule has 1 aliphatic carbocycles. The van der Waals surface area contributed by atoms with Crippen LogP contribution in [0.25, 0.3) is 0 Å². The quantitative estimate of drug-likeness (QED) is 0.537. The van der Waals surface area contributed by atoms with Gasteiger partial charge in [-0.25, -0.2) is 0 Å². The van der Waals surface area contributed by atoms with Crippen molar-refractivity contribution < 1.29 is 4.74 Å². The van der Waals surface area contributed by atoms with Crippen LogP contribution in [0.5, 0.6) is 0 Å². The summed E-state index contributed by atoms with van der Waals surface area (Å²) in [7, 11) is -1.47. The number of ether oxygens (including phenoxy) is 1. The van der Waals surface area contributed by atoms with Gasteiger partial charge in [0.2, 0.25) is 0 Å². The summed E-state index contributed by atoms with van der Waals surface area (Å²) in [6.07, 6.45) is 5.66. The van der Waals surface area contributed by atoms with Crippen molar-refractivity contribution in [3.63, 3.8) is 0 Å². The van der Waals surface area contributed by atoms with Gasteiger partial charge in [-0.15, -0.1) is 0 Å². The van der Waals surface area contributed by atoms with Crippen molar-refractivity contribution in [2.45, 2.75) is 96.5 Å². The van der Waals surface area contributed by atoms with Crippen molar-refractivity contribution in [1.82, 2.24) is 0 Å². The molecule has 1 fully saturated rings. The Bertz CT molecular complexity index is 232. The monoisotopic (exact) mass is 284 g/mol. The Morgan fingerprint density at radius 1 is 0.895 bits per heavy atom. The van der Waals surface area contributed by atoms with E-state index in [4.69, 9.17) is 4.74 Å². The molecule has 0 aromatic rings. The van der Waals surface area contributed by atoms with E-state index in [9.17, 15) is 0 Å². The van der Waals surface area contributed by atoms with Crippen LogP contribution in [0.3, 0.4) is 0 Å². The predicted molar refractivity (Wildman–Crippen MR) is 88.4 cm³/mol. The van der Waals surface area contributed by atoms with Crippen molar-refractivity contribution in [1.29, 1.82) is 0 Å². The van der Waals surface area contributed by atoms with Gasteiger partial charge in [0.25, 0.3) is 0 Å². The molecule has 1 saturated carbocycles. The second kappa shape index (κ2) is 7.26. The van der Waals surface area contributed by atoms with Crippen LogP contribution in [-0.2, 0) is 4.74 Å². The van der Waals surface area contributed by atoms with Crippen molar-refractivity contribution in [3.8, 4) is 0 Å². The highest BCUT2D eigenvalue weighted by atomic mass is 28.3. The summed E-state index contributed by atoms with van der Waals surface area (Å²) in [5.74, 6) is 0.846. The molecule has 1 nitrogen and oxygen atoms in total. The lowest BCUT2D eigenvalue weighted by Crippen LogP contribution is -2.59. The summed E-state index contributed by atoms with van der Waals surface area (Å²) in [6, 6.07) is 0. The highest BCUT2D eigenvalue weighted by molar-refractivity contribution is 6.84. The van der Waals surface area contributed by atoms with Gasteiger partial charge in [0, 0.05) is 6.61 Å². The zero-order chi connectivity index (χ0) is 14.6. The fraction of sp³-hybridized carbons (Fsp3) is 1.00. The zero-order valence-corrected chi connectivity index (χ0v) is 15.3. The maximum absolute atomic E-state index is 6.44. The maximum Gasteiger partial charge on any atom is 0.0955 e. The molecule has 19 heavy (non-hydrogen) atoms. The zero-order valence-electron chi connectivity index (χ0n) is 14.3. The minimum absolute atomic E-state index is 0.583. The molecule has 0 spiro atoms. The Labute approximate surface area is 122 Å². The first kappa shape index (κ1) is 17.2. The normalized spacial score (nSPS) is 19.9. The van der Waals surface area contributed by atoms with E-state index in [1.54, 1.807) is 0 Å². The minimum Gasteiger partial charge on any atom is -0.382 e. The lowest BCUT2D eigenvalue weighted by atomic mass is 10.1. The molecule has 114 valence electrons. The predicted octanol–water partition coefficient (Wildman–Crippen LogP) is 5.80. The second-order valence-electron chi connectivity index (χ2n) is 7.38. The smallest absolute Gasteiger partial charge is 0.0955 e. The summed E-state index contributed by atoms with van der Waals surface area (Å²) in [5.41, 5.74) is 3.01. The first-order valence-corrected chi connectivity index (χ1v) is 10.8. The first-order valence-electron chi connectivity index (χ1n) is 8.50. The molecule has 0 amide bonds. The molecule has 0 radical (unpaired) electrons. The molecule has 0 aromatic carbocycles. The van der Waals surface area contributed by atoms with E-state index in [0.29, 0.717) is 5.73 Å². The van der Waals surface area contributed by atoms with Crippen LogP contribution < -0.4 is 0 Å². The van der Waals surface area contributed by atoms with E-state index in [2.05, 4.69) is 48.5 Å². The van der Waals surface area contributed by atoms with E-state index in [1.165, 1.54) is 25.7 Å². The standard InChI is InChI=1S/C17H36OSi/c1-8-18-17(16-11-9-10-12-16)19(13(2)3,14(4)5)15(6)7/h13-17H,8-12H2,1-7H3. The van der Waals surface area contributed by atoms with Gasteiger partial charge in [-0.2, -0.15) is 0 Å². The fourth-order valence-electron chi connectivity index (χ4n) is 5.11. The molecule has 1 unspecified atom stereocenters. The largest absolute Gasteiger partial charge is 0.382 e. The molecule has 0 heterocycles. The Balaban J connectivity index is 3.15. The van der Waals surface area contributed by atoms with Crippen LogP contribution in [0.1, 0.15) is 74.1 Å². The van der Waals surface area contributed by atoms with Gasteiger partial charge in [0.1, 0.15) is 0 Å². The number of rotatable bonds is 7. The van der Waals surface area contributed by atoms with Crippen LogP contribution in [0.4, 0.5) is 0 Å². The van der Waals surface area contributed by atoms with Crippen molar-refractivity contribution in [2.75, 3.05) is 6.61 Å². The van der Waals surface area contributed by atoms with Crippen LogP contribution in [0, 0.1) is 5.92 Å². The third-order valence-electron chi connectivity index (χ3n) is 5.67. The van der Waals surface area contributed by atoms with Gasteiger partial charge in [0.15, 0.2) is 0 Å². The third-order valence-corrected chi connectivity index (χ3v) is 13.3. The van der Waals surface area contributed by atoms with E-state index in [0.717, 1.165) is 29.1 Å². The minimum atomic E-state index is -1.47. The summed E-state index contributed by atoms with van der Waals surface area (Å²) in [5, 5.41) is 0. The van der Waals surface area contributed by atoms with Crippen LogP contribution in [0.2, 0.25) is 16.6 Å². The van der Waals surface area contributed by atoms with E-state index < -0.39 is 8.07 Å². The van der Waals surface area contributed by atoms with Gasteiger partial charge in [0.05, 0.1) is 13.8 Å². The van der Waals surface area contributed by atoms with Gasteiger partial charge in [-0.3, -0.25) is 0 Å². The third kappa shape index (κ3) is 3.26. The first-order chi connectivity index (χ1) is 8.88. The van der Waals surface area contributed by atoms with Crippen LogP contribution in [0.15, 0.2) is 0 Å². The van der Waals surface area contributed by atoms with Gasteiger partial charge in [-0.1, -0.05) is 54.4 Å². The van der Waals surface area contributed by atoms with Gasteiger partial charge < -0.3 is 4.74 Å². The van der Waals surface area contributed by atoms with E-state index >= 15 is 0 Å². The van der Waals surface area contributed by atoms with E-state index in [-0.39, 0.29) is 0 Å². The van der Waals surface area contributed by atoms with Crippen LogP contribution in [-0.4, -0.2) is 20.4 Å². The van der Waals surface area contributed by atoms with E-state index in [1.807, 2.05) is 0 Å². The Kier molecular flexibility index (Phi) is 6.58. The molecule has 0 aromatic heterocycles. The number of hydrogen-bond acceptors (Lipinski definition) is 1. The highest BCUT2D eigenvalue weighted by Crippen LogP contribution is 2.49. The molecule has 1 atom stereocenters. The maximum atomic E-state index is 6.44. The summed E-state index contributed by atoms with van der Waals surface area (Å²) >= 11 is 0. The number of hydrogen-bond donors (Lipinski definition) is 0. The molecule has 0 bridgehead atoms. The average Bonchev–Trinajstić information content (AvgIpc) is 2.80. The highest BCUT2D eigenvalue weighted by Gasteiger charge is 2.52. The molecular formula is C17H36OSi. The van der Waals surface area contributed by atoms with Crippen molar-refractivity contribution in [2.24, 2.45) is 5.92 Å². The average molecular weight is 285 g/mol. The fourth-order valence-corrected chi connectivity index (χ4v) is 12.7. The lowest BCUT2D eigenvalue weighted by molar-refractivity contribution is 0.0659. The second-order valence-corrected chi connectivity index (χ2v) is 13.4. The Morgan fingerprint density at radius 2 is 1.32 bits per heavy atom. The molecule has 0 saturated heterocycles. The Hall–Kier alpha value is 0.177. The Morgan fingerprint density at radius 3 is 1.63 bits per heavy atom. The lowest BCUT2D eigenvalue weighted by Gasteiger charge is -2.50. The molecule has 1 rings (SSSR count). The van der Waals surface area contributed by atoms with Gasteiger partial charge in [-0.05, 0) is 42.3 Å². The van der Waals surface area contributed by atoms with Crippen molar-refractivity contribution in [3.05, 3.63) is 0 Å². The van der Waals surface area contributed by atoms with Crippen molar-refractivity contribution >= 4 is 8.07 Å². The summed E-state index contributed by atoms with van der Waals surface area (Å²) in [4.78, 5) is 0. The van der Waals surface area contributed by atoms with Gasteiger partial charge >= 0.3 is 0 Å². The molecular weight excluding hydrogens is 248 g/mol. The molecule has 0 aliphatic heterocycles. The topological polar surface area (TPSA) is 9.23 Å². The summed E-state index contributed by atoms with van der Waals surface area (Å²) in [6.45, 7) is 17.9. The molecule has 1 aliphatic rings. The molecule has 2 heteroatoms.